The summed E-state index contributed by atoms with van der Waals surface area (Å²) < 4.78 is 16.4. The Morgan fingerprint density at radius 1 is 1.09 bits per heavy atom. The quantitative estimate of drug-likeness (QED) is 0.539. The lowest BCUT2D eigenvalue weighted by atomic mass is 9.91. The zero-order valence-electron chi connectivity index (χ0n) is 13.8. The Morgan fingerprint density at radius 2 is 1.77 bits per heavy atom. The first-order valence-electron chi connectivity index (χ1n) is 8.12. The standard InChI is InChI=1S/C18H27IO3/c1-13(8-14(2)12-21-19)9-15-4-6-16(7-5-15)22-18-10-17(11-18)20-3/h4-7,13-14,17-18H,8-12H2,1-3H3/t13-,14?,17?,18?/m0/s1. The van der Waals surface area contributed by atoms with Gasteiger partial charge < -0.3 is 12.5 Å². The van der Waals surface area contributed by atoms with E-state index in [1.807, 2.05) is 23.0 Å². The maximum Gasteiger partial charge on any atom is 0.119 e. The average molecular weight is 418 g/mol. The van der Waals surface area contributed by atoms with E-state index >= 15 is 0 Å². The number of hydrogen-bond donors (Lipinski definition) is 0. The molecule has 1 fully saturated rings. The Bertz CT molecular complexity index is 428. The van der Waals surface area contributed by atoms with Crippen LogP contribution in [0.4, 0.5) is 0 Å². The lowest BCUT2D eigenvalue weighted by Crippen LogP contribution is -2.38. The normalized spacial score (nSPS) is 23.6. The predicted octanol–water partition coefficient (Wildman–Crippen LogP) is 4.81. The highest BCUT2D eigenvalue weighted by Crippen LogP contribution is 2.28. The van der Waals surface area contributed by atoms with Crippen LogP contribution < -0.4 is 4.74 Å². The van der Waals surface area contributed by atoms with Gasteiger partial charge in [-0.2, -0.15) is 0 Å². The number of rotatable bonds is 9. The van der Waals surface area contributed by atoms with Gasteiger partial charge in [-0.15, -0.1) is 0 Å². The van der Waals surface area contributed by atoms with Crippen LogP contribution in [0.25, 0.3) is 0 Å². The molecule has 1 aliphatic carbocycles. The maximum atomic E-state index is 5.94. The van der Waals surface area contributed by atoms with Crippen LogP contribution in [0.15, 0.2) is 24.3 Å². The van der Waals surface area contributed by atoms with Crippen molar-refractivity contribution in [2.24, 2.45) is 11.8 Å². The number of hydrogen-bond acceptors (Lipinski definition) is 3. The van der Waals surface area contributed by atoms with E-state index in [0.29, 0.717) is 24.0 Å². The molecule has 2 atom stereocenters. The van der Waals surface area contributed by atoms with Gasteiger partial charge in [0.1, 0.15) is 34.9 Å². The van der Waals surface area contributed by atoms with Crippen LogP contribution in [-0.4, -0.2) is 25.9 Å². The topological polar surface area (TPSA) is 27.7 Å². The molecule has 0 aliphatic heterocycles. The molecule has 4 heteroatoms. The van der Waals surface area contributed by atoms with Gasteiger partial charge in [0.05, 0.1) is 12.7 Å². The van der Waals surface area contributed by atoms with Gasteiger partial charge in [-0.05, 0) is 42.4 Å². The third-order valence-electron chi connectivity index (χ3n) is 4.35. The van der Waals surface area contributed by atoms with Gasteiger partial charge >= 0.3 is 0 Å². The first-order valence-corrected chi connectivity index (χ1v) is 9.00. The Kier molecular flexibility index (Phi) is 7.44. The molecule has 1 saturated carbocycles. The smallest absolute Gasteiger partial charge is 0.119 e. The fourth-order valence-corrected chi connectivity index (χ4v) is 3.66. The van der Waals surface area contributed by atoms with Gasteiger partial charge in [0.25, 0.3) is 0 Å². The summed E-state index contributed by atoms with van der Waals surface area (Å²) in [4.78, 5) is 0. The number of halogens is 1. The van der Waals surface area contributed by atoms with Crippen LogP contribution in [0, 0.1) is 11.8 Å². The second-order valence-corrected chi connectivity index (χ2v) is 7.26. The second-order valence-electron chi connectivity index (χ2n) is 6.64. The minimum atomic E-state index is 0.323. The largest absolute Gasteiger partial charge is 0.490 e. The SMILES string of the molecule is COC1CC(Oc2ccc(C[C@@H](C)CC(C)COI)cc2)C1. The van der Waals surface area contributed by atoms with Gasteiger partial charge in [-0.3, -0.25) is 0 Å². The summed E-state index contributed by atoms with van der Waals surface area (Å²) in [6, 6.07) is 8.58. The van der Waals surface area contributed by atoms with Crippen molar-refractivity contribution < 1.29 is 12.5 Å². The molecule has 1 aromatic carbocycles. The van der Waals surface area contributed by atoms with Crippen molar-refractivity contribution in [2.75, 3.05) is 13.7 Å². The van der Waals surface area contributed by atoms with E-state index in [1.165, 1.54) is 12.0 Å². The van der Waals surface area contributed by atoms with E-state index in [9.17, 15) is 0 Å². The summed E-state index contributed by atoms with van der Waals surface area (Å²) in [5.74, 6) is 2.26. The van der Waals surface area contributed by atoms with Crippen LogP contribution in [0.2, 0.25) is 0 Å². The molecule has 1 unspecified atom stereocenters. The van der Waals surface area contributed by atoms with E-state index in [-0.39, 0.29) is 0 Å². The average Bonchev–Trinajstić information content (AvgIpc) is 2.44. The Balaban J connectivity index is 1.74. The summed E-state index contributed by atoms with van der Waals surface area (Å²) in [7, 11) is 1.77. The molecule has 22 heavy (non-hydrogen) atoms. The van der Waals surface area contributed by atoms with Crippen molar-refractivity contribution in [2.45, 2.75) is 51.7 Å². The van der Waals surface area contributed by atoms with Gasteiger partial charge in [0.15, 0.2) is 0 Å². The number of methoxy groups -OCH3 is 1. The number of ether oxygens (including phenoxy) is 2. The lowest BCUT2D eigenvalue weighted by Gasteiger charge is -2.34. The molecule has 0 N–H and O–H groups in total. The molecule has 0 bridgehead atoms. The fraction of sp³-hybridized carbons (Fsp3) is 0.667. The minimum Gasteiger partial charge on any atom is -0.490 e. The molecule has 0 aromatic heterocycles. The molecular weight excluding hydrogens is 391 g/mol. The first-order chi connectivity index (χ1) is 10.6. The number of benzene rings is 1. The second kappa shape index (κ2) is 9.08. The molecule has 2 rings (SSSR count). The minimum absolute atomic E-state index is 0.323. The third-order valence-corrected chi connectivity index (χ3v) is 4.71. The van der Waals surface area contributed by atoms with E-state index in [0.717, 1.165) is 31.6 Å². The molecule has 124 valence electrons. The molecule has 0 saturated heterocycles. The Labute approximate surface area is 148 Å². The molecule has 0 heterocycles. The van der Waals surface area contributed by atoms with E-state index in [2.05, 4.69) is 38.1 Å². The van der Waals surface area contributed by atoms with Gasteiger partial charge in [-0.1, -0.05) is 26.0 Å². The molecule has 3 nitrogen and oxygen atoms in total. The molecule has 1 aliphatic rings. The summed E-state index contributed by atoms with van der Waals surface area (Å²) in [5.41, 5.74) is 1.38. The molecule has 0 radical (unpaired) electrons. The summed E-state index contributed by atoms with van der Waals surface area (Å²) >= 11 is 1.98. The monoisotopic (exact) mass is 418 g/mol. The first kappa shape index (κ1) is 18.0. The van der Waals surface area contributed by atoms with Crippen LogP contribution in [-0.2, 0) is 14.2 Å². The zero-order valence-corrected chi connectivity index (χ0v) is 15.9. The summed E-state index contributed by atoms with van der Waals surface area (Å²) in [5, 5.41) is 0. The van der Waals surface area contributed by atoms with Gasteiger partial charge in [-0.25, -0.2) is 0 Å². The van der Waals surface area contributed by atoms with Crippen LogP contribution >= 0.6 is 23.0 Å². The zero-order chi connectivity index (χ0) is 15.9. The third kappa shape index (κ3) is 5.70. The van der Waals surface area contributed by atoms with Gasteiger partial charge in [0, 0.05) is 20.0 Å². The Hall–Kier alpha value is -0.330. The summed E-state index contributed by atoms with van der Waals surface area (Å²) in [6.07, 6.45) is 5.03. The van der Waals surface area contributed by atoms with Crippen molar-refractivity contribution in [1.29, 1.82) is 0 Å². The molecule has 0 amide bonds. The highest BCUT2D eigenvalue weighted by atomic mass is 127. The Morgan fingerprint density at radius 3 is 2.36 bits per heavy atom. The molecule has 0 spiro atoms. The highest BCUT2D eigenvalue weighted by molar-refractivity contribution is 14.1. The molecular formula is C18H27IO3. The van der Waals surface area contributed by atoms with Crippen LogP contribution in [0.5, 0.6) is 5.75 Å². The lowest BCUT2D eigenvalue weighted by molar-refractivity contribution is -0.0381. The van der Waals surface area contributed by atoms with Crippen molar-refractivity contribution in [1.82, 2.24) is 0 Å². The van der Waals surface area contributed by atoms with Crippen molar-refractivity contribution in [3.63, 3.8) is 0 Å². The predicted molar refractivity (Wildman–Crippen MR) is 97.5 cm³/mol. The van der Waals surface area contributed by atoms with Crippen molar-refractivity contribution >= 4 is 23.0 Å². The van der Waals surface area contributed by atoms with Crippen LogP contribution in [0.1, 0.15) is 38.7 Å². The van der Waals surface area contributed by atoms with Crippen molar-refractivity contribution in [3.05, 3.63) is 29.8 Å². The van der Waals surface area contributed by atoms with E-state index < -0.39 is 0 Å². The van der Waals surface area contributed by atoms with Crippen LogP contribution in [0.3, 0.4) is 0 Å². The van der Waals surface area contributed by atoms with E-state index in [1.54, 1.807) is 7.11 Å². The van der Waals surface area contributed by atoms with Crippen molar-refractivity contribution in [3.8, 4) is 5.75 Å². The fourth-order valence-electron chi connectivity index (χ4n) is 3.05. The summed E-state index contributed by atoms with van der Waals surface area (Å²) in [6.45, 7) is 5.40. The molecule has 1 aromatic rings. The van der Waals surface area contributed by atoms with Gasteiger partial charge in [0.2, 0.25) is 0 Å². The van der Waals surface area contributed by atoms with E-state index in [4.69, 9.17) is 12.5 Å². The highest BCUT2D eigenvalue weighted by Gasteiger charge is 2.30. The maximum absolute atomic E-state index is 5.94.